The maximum atomic E-state index is 11.6. The van der Waals surface area contributed by atoms with Gasteiger partial charge >= 0.3 is 23.9 Å². The highest BCUT2D eigenvalue weighted by Crippen LogP contribution is 2.43. The lowest BCUT2D eigenvalue weighted by atomic mass is 9.72. The summed E-state index contributed by atoms with van der Waals surface area (Å²) in [5.41, 5.74) is 0.726. The van der Waals surface area contributed by atoms with Crippen LogP contribution in [0.15, 0.2) is 11.6 Å². The molecule has 4 atom stereocenters. The lowest BCUT2D eigenvalue weighted by Crippen LogP contribution is -2.31. The largest absolute Gasteiger partial charge is 0.393 e. The number of carbonyl (C=O) groups excluding carboxylic acids is 4. The van der Waals surface area contributed by atoms with Crippen LogP contribution in [0.3, 0.4) is 0 Å². The molecule has 0 spiro atoms. The average molecular weight is 264 g/mol. The summed E-state index contributed by atoms with van der Waals surface area (Å²) in [7, 11) is 0. The number of fused-ring (bicyclic) bond motifs is 1. The molecule has 3 aliphatic rings. The standard InChI is InChI=1S/C13H12O6/c1-5-2-6(7-4-9(14)18-11(7)15)3-8-10(5)13(17)19-12(8)16/h2,6-8,10H,3-4H2,1H3/t6?,7?,8?,10-/m1/s1. The molecule has 0 radical (unpaired) electrons. The van der Waals surface area contributed by atoms with Gasteiger partial charge in [0, 0.05) is 0 Å². The third-order valence-corrected chi connectivity index (χ3v) is 4.07. The van der Waals surface area contributed by atoms with E-state index in [9.17, 15) is 19.2 Å². The van der Waals surface area contributed by atoms with Gasteiger partial charge in [0.05, 0.1) is 24.2 Å². The van der Waals surface area contributed by atoms with Crippen molar-refractivity contribution in [1.29, 1.82) is 0 Å². The van der Waals surface area contributed by atoms with E-state index in [0.29, 0.717) is 6.42 Å². The van der Waals surface area contributed by atoms with Gasteiger partial charge in [0.2, 0.25) is 0 Å². The van der Waals surface area contributed by atoms with Crippen molar-refractivity contribution in [2.75, 3.05) is 0 Å². The van der Waals surface area contributed by atoms with Gasteiger partial charge < -0.3 is 9.47 Å². The van der Waals surface area contributed by atoms with E-state index < -0.39 is 41.6 Å². The Labute approximate surface area is 108 Å². The average Bonchev–Trinajstić information content (AvgIpc) is 2.80. The van der Waals surface area contributed by atoms with Crippen molar-refractivity contribution in [2.45, 2.75) is 19.8 Å². The predicted octanol–water partition coefficient (Wildman–Crippen LogP) is 0.358. The van der Waals surface area contributed by atoms with Crippen LogP contribution in [0.2, 0.25) is 0 Å². The zero-order valence-electron chi connectivity index (χ0n) is 10.3. The molecule has 19 heavy (non-hydrogen) atoms. The number of carbonyl (C=O) groups is 4. The molecule has 0 N–H and O–H groups in total. The summed E-state index contributed by atoms with van der Waals surface area (Å²) >= 11 is 0. The topological polar surface area (TPSA) is 86.7 Å². The minimum absolute atomic E-state index is 0.0354. The van der Waals surface area contributed by atoms with Gasteiger partial charge in [-0.2, -0.15) is 0 Å². The Hall–Kier alpha value is -1.98. The van der Waals surface area contributed by atoms with Crippen LogP contribution in [0, 0.1) is 23.7 Å². The third kappa shape index (κ3) is 1.78. The zero-order chi connectivity index (χ0) is 13.7. The Balaban J connectivity index is 1.89. The van der Waals surface area contributed by atoms with Gasteiger partial charge in [0.15, 0.2) is 0 Å². The van der Waals surface area contributed by atoms with Crippen LogP contribution in [-0.4, -0.2) is 23.9 Å². The molecule has 2 aliphatic heterocycles. The van der Waals surface area contributed by atoms with Gasteiger partial charge in [-0.05, 0) is 19.3 Å². The second kappa shape index (κ2) is 4.01. The van der Waals surface area contributed by atoms with E-state index in [1.54, 1.807) is 13.0 Å². The van der Waals surface area contributed by atoms with E-state index in [4.69, 9.17) is 0 Å². The van der Waals surface area contributed by atoms with Crippen molar-refractivity contribution >= 4 is 23.9 Å². The van der Waals surface area contributed by atoms with Crippen LogP contribution in [0.25, 0.3) is 0 Å². The highest BCUT2D eigenvalue weighted by molar-refractivity contribution is 5.99. The molecule has 6 nitrogen and oxygen atoms in total. The monoisotopic (exact) mass is 264 g/mol. The molecule has 3 unspecified atom stereocenters. The van der Waals surface area contributed by atoms with E-state index in [2.05, 4.69) is 9.47 Å². The molecule has 2 saturated heterocycles. The van der Waals surface area contributed by atoms with Gasteiger partial charge in [-0.3, -0.25) is 19.2 Å². The molecule has 6 heteroatoms. The molecule has 2 heterocycles. The molecule has 3 rings (SSSR count). The summed E-state index contributed by atoms with van der Waals surface area (Å²) in [5, 5.41) is 0. The highest BCUT2D eigenvalue weighted by atomic mass is 16.6. The van der Waals surface area contributed by atoms with Gasteiger partial charge in [-0.15, -0.1) is 0 Å². The predicted molar refractivity (Wildman–Crippen MR) is 59.1 cm³/mol. The number of allylic oxidation sites excluding steroid dienone is 1. The van der Waals surface area contributed by atoms with Crippen LogP contribution >= 0.6 is 0 Å². The number of hydrogen-bond donors (Lipinski definition) is 0. The smallest absolute Gasteiger partial charge is 0.321 e. The minimum atomic E-state index is -0.549. The van der Waals surface area contributed by atoms with E-state index in [1.165, 1.54) is 0 Å². The van der Waals surface area contributed by atoms with Crippen molar-refractivity contribution in [3.05, 3.63) is 11.6 Å². The lowest BCUT2D eigenvalue weighted by Gasteiger charge is -2.27. The molecule has 0 bridgehead atoms. The summed E-state index contributed by atoms with van der Waals surface area (Å²) in [5.74, 6) is -4.01. The summed E-state index contributed by atoms with van der Waals surface area (Å²) in [6.45, 7) is 1.74. The van der Waals surface area contributed by atoms with Crippen LogP contribution in [0.1, 0.15) is 19.8 Å². The number of ether oxygens (including phenoxy) is 2. The summed E-state index contributed by atoms with van der Waals surface area (Å²) in [4.78, 5) is 45.9. The Morgan fingerprint density at radius 1 is 1.00 bits per heavy atom. The molecular weight excluding hydrogens is 252 g/mol. The van der Waals surface area contributed by atoms with E-state index in [0.717, 1.165) is 5.57 Å². The molecule has 2 fully saturated rings. The fourth-order valence-electron chi connectivity index (χ4n) is 3.18. The van der Waals surface area contributed by atoms with Crippen molar-refractivity contribution in [3.8, 4) is 0 Å². The molecule has 0 aromatic heterocycles. The van der Waals surface area contributed by atoms with Crippen molar-refractivity contribution in [2.24, 2.45) is 23.7 Å². The fourth-order valence-corrected chi connectivity index (χ4v) is 3.18. The number of cyclic esters (lactones) is 4. The maximum absolute atomic E-state index is 11.6. The van der Waals surface area contributed by atoms with E-state index in [-0.39, 0.29) is 12.3 Å². The molecule has 0 saturated carbocycles. The first-order valence-corrected chi connectivity index (χ1v) is 6.15. The van der Waals surface area contributed by atoms with E-state index >= 15 is 0 Å². The van der Waals surface area contributed by atoms with Crippen LogP contribution in [0.4, 0.5) is 0 Å². The molecule has 1 aliphatic carbocycles. The van der Waals surface area contributed by atoms with Crippen LogP contribution in [-0.2, 0) is 28.7 Å². The normalized spacial score (nSPS) is 37.8. The summed E-state index contributed by atoms with van der Waals surface area (Å²) in [6, 6.07) is 0. The molecule has 0 amide bonds. The number of rotatable bonds is 1. The van der Waals surface area contributed by atoms with Crippen LogP contribution < -0.4 is 0 Å². The quantitative estimate of drug-likeness (QED) is 0.386. The van der Waals surface area contributed by atoms with Gasteiger partial charge in [0.1, 0.15) is 0 Å². The molecule has 0 aromatic carbocycles. The fraction of sp³-hybridized carbons (Fsp3) is 0.538. The second-order valence-corrected chi connectivity index (χ2v) is 5.24. The van der Waals surface area contributed by atoms with Gasteiger partial charge in [-0.1, -0.05) is 11.6 Å². The molecule has 100 valence electrons. The number of hydrogen-bond acceptors (Lipinski definition) is 6. The van der Waals surface area contributed by atoms with Crippen LogP contribution in [0.5, 0.6) is 0 Å². The Morgan fingerprint density at radius 3 is 2.32 bits per heavy atom. The Bertz CT molecular complexity index is 531. The first-order chi connectivity index (χ1) is 8.97. The lowest BCUT2D eigenvalue weighted by molar-refractivity contribution is -0.155. The minimum Gasteiger partial charge on any atom is -0.393 e. The highest BCUT2D eigenvalue weighted by Gasteiger charge is 2.51. The SMILES string of the molecule is CC1=CC(C2CC(=O)OC2=O)CC2C(=O)OC(=O)[C@H]12. The summed E-state index contributed by atoms with van der Waals surface area (Å²) < 4.78 is 9.17. The second-order valence-electron chi connectivity index (χ2n) is 5.24. The summed E-state index contributed by atoms with van der Waals surface area (Å²) in [6.07, 6.45) is 2.18. The maximum Gasteiger partial charge on any atom is 0.321 e. The molecular formula is C13H12O6. The Morgan fingerprint density at radius 2 is 1.68 bits per heavy atom. The first kappa shape index (κ1) is 12.1. The third-order valence-electron chi connectivity index (χ3n) is 4.07. The van der Waals surface area contributed by atoms with Gasteiger partial charge in [-0.25, -0.2) is 0 Å². The molecule has 0 aromatic rings. The van der Waals surface area contributed by atoms with Crippen molar-refractivity contribution in [1.82, 2.24) is 0 Å². The van der Waals surface area contributed by atoms with E-state index in [1.807, 2.05) is 0 Å². The van der Waals surface area contributed by atoms with Crippen molar-refractivity contribution in [3.63, 3.8) is 0 Å². The van der Waals surface area contributed by atoms with Gasteiger partial charge in [0.25, 0.3) is 0 Å². The van der Waals surface area contributed by atoms with Crippen molar-refractivity contribution < 1.29 is 28.7 Å². The first-order valence-electron chi connectivity index (χ1n) is 6.15. The Kier molecular flexibility index (Phi) is 2.55. The number of esters is 4. The zero-order valence-corrected chi connectivity index (χ0v) is 10.3.